The Morgan fingerprint density at radius 2 is 0.782 bits per heavy atom. The predicted molar refractivity (Wildman–Crippen MR) is 513 cm³/mol. The molecule has 0 saturated carbocycles. The number of fused-ring (bicyclic) bond motifs is 8. The number of nitrogens with two attached hydrogens (primary N) is 1. The van der Waals surface area contributed by atoms with Gasteiger partial charge < -0.3 is 75.1 Å². The van der Waals surface area contributed by atoms with Crippen LogP contribution in [0.3, 0.4) is 0 Å². The molecule has 0 unspecified atom stereocenters. The van der Waals surface area contributed by atoms with E-state index < -0.39 is 59.4 Å². The maximum atomic E-state index is 13.7. The lowest BCUT2D eigenvalue weighted by molar-refractivity contribution is -0.158. The fourth-order valence-electron chi connectivity index (χ4n) is 18.7. The topological polar surface area (TPSA) is 371 Å². The molecular weight excluding hydrogens is 1680 g/mol. The molecule has 8 atom stereocenters. The Bertz CT molecular complexity index is 6690. The lowest BCUT2D eigenvalue weighted by Crippen LogP contribution is -2.51. The van der Waals surface area contributed by atoms with Gasteiger partial charge in [0.2, 0.25) is 17.7 Å². The lowest BCUT2D eigenvalue weighted by Gasteiger charge is -2.29. The fourth-order valence-corrected chi connectivity index (χ4v) is 18.7. The number of alkyl carbamates (subject to hydrolysis) is 2. The molecule has 8 heterocycles. The number of aromatic amines is 4. The van der Waals surface area contributed by atoms with Crippen molar-refractivity contribution < 1.29 is 62.4 Å². The number of carboxylic acid groups (broad SMARTS) is 1. The van der Waals surface area contributed by atoms with Crippen LogP contribution in [0.15, 0.2) is 207 Å². The number of methoxy groups -OCH3 is 2. The molecule has 28 nitrogen and oxygen atoms in total. The van der Waals surface area contributed by atoms with E-state index in [9.17, 15) is 38.4 Å². The smallest absolute Gasteiger partial charge is 0.410 e. The van der Waals surface area contributed by atoms with Crippen molar-refractivity contribution in [1.29, 1.82) is 0 Å². The Morgan fingerprint density at radius 3 is 1.18 bits per heavy atom. The van der Waals surface area contributed by atoms with E-state index in [1.165, 1.54) is 14.2 Å². The minimum atomic E-state index is -1.02. The maximum Gasteiger partial charge on any atom is 0.410 e. The van der Waals surface area contributed by atoms with Crippen molar-refractivity contribution in [3.63, 3.8) is 0 Å². The second-order valence-corrected chi connectivity index (χ2v) is 37.6. The average molecular weight is 1800 g/mol. The number of hydrogen-bond acceptors (Lipinski definition) is 17. The third-order valence-electron chi connectivity index (χ3n) is 25.4. The van der Waals surface area contributed by atoms with Crippen LogP contribution in [0.1, 0.15) is 198 Å². The summed E-state index contributed by atoms with van der Waals surface area (Å²) in [7, 11) is 2.60. The standard InChI is InChI=1S/C47H48N8O4.C44H49N7O5.C14H18O4/c1-27(2)41(53-47(58)59-3)46(57)55-22-8-12-39(55)44-50-36-20-18-33-24-32(17-19-35(33)42(36)52-44)29-13-14-31-25-34(16-15-30(31)23-29)37-26-49-43(51-37)38-11-7-21-54(38)45(56)40(48)28-9-5-4-6-10-28;1-25(2)37(49-42(53)55-6)41(52)50-19-7-10-36(50)40-46-33-18-16-30-22-29(15-17-32(30)38(33)48-40)26-11-12-28-23-31(14-13-27(28)21-26)34-24-45-39(47-34)35-9-8-20-51(35)43(54)56-44(3,4)5;1-14(2,3)18-12(15)9-11(13(16)17)10-7-5-4-6-8-10/h4-6,9-10,13-20,23-27,38-41H,7-8,11-12,21-22,48H2,1-3H3,(H,49,51)(H,50,52)(H,53,58);11-18,21-25,35-37H,7-10,19-20H2,1-6H3,(H,45,47)(H,46,48)(H,49,53);4-8,11H,9H2,1-3H3,(H,16,17)/t38-,39-,40+,41-;35-,36-,37-;11-/m001/s1. The molecule has 0 aliphatic carbocycles. The summed E-state index contributed by atoms with van der Waals surface area (Å²) < 4.78 is 20.4. The number of rotatable bonds is 20. The zero-order chi connectivity index (χ0) is 93.8. The van der Waals surface area contributed by atoms with Gasteiger partial charge in [0.05, 0.1) is 96.6 Å². The highest BCUT2D eigenvalue weighted by Crippen LogP contribution is 2.42. The molecule has 0 spiro atoms. The Labute approximate surface area is 771 Å². The molecule has 0 radical (unpaired) electrons. The van der Waals surface area contributed by atoms with Gasteiger partial charge in [-0.15, -0.1) is 0 Å². The molecule has 6 amide bonds. The zero-order valence-corrected chi connectivity index (χ0v) is 77.1. The van der Waals surface area contributed by atoms with E-state index in [2.05, 4.69) is 164 Å². The molecule has 4 saturated heterocycles. The van der Waals surface area contributed by atoms with Crippen LogP contribution >= 0.6 is 0 Å². The number of esters is 1. The highest BCUT2D eigenvalue weighted by atomic mass is 16.6. The summed E-state index contributed by atoms with van der Waals surface area (Å²) in [4.78, 5) is 142. The van der Waals surface area contributed by atoms with Crippen LogP contribution in [-0.2, 0) is 42.9 Å². The van der Waals surface area contributed by atoms with E-state index in [-0.39, 0.29) is 66.2 Å². The van der Waals surface area contributed by atoms with Crippen LogP contribution in [0.2, 0.25) is 0 Å². The molecule has 9 N–H and O–H groups in total. The summed E-state index contributed by atoms with van der Waals surface area (Å²) in [6.45, 7) is 21.1. The maximum absolute atomic E-state index is 13.7. The van der Waals surface area contributed by atoms with Gasteiger partial charge in [-0.25, -0.2) is 34.3 Å². The highest BCUT2D eigenvalue weighted by molar-refractivity contribution is 6.07. The van der Waals surface area contributed by atoms with Crippen LogP contribution in [0.4, 0.5) is 14.4 Å². The van der Waals surface area contributed by atoms with Crippen molar-refractivity contribution in [3.8, 4) is 44.8 Å². The van der Waals surface area contributed by atoms with Crippen molar-refractivity contribution in [2.24, 2.45) is 17.6 Å². The number of aliphatic carboxylic acids is 1. The number of nitrogens with one attached hydrogen (secondary N) is 6. The molecule has 10 aromatic carbocycles. The van der Waals surface area contributed by atoms with Gasteiger partial charge in [-0.2, -0.15) is 0 Å². The van der Waals surface area contributed by atoms with Crippen LogP contribution in [0.5, 0.6) is 0 Å². The van der Waals surface area contributed by atoms with Crippen LogP contribution < -0.4 is 16.4 Å². The van der Waals surface area contributed by atoms with Crippen molar-refractivity contribution >= 4 is 113 Å². The Hall–Kier alpha value is -14.3. The first-order chi connectivity index (χ1) is 63.8. The minimum Gasteiger partial charge on any atom is -0.481 e. The summed E-state index contributed by atoms with van der Waals surface area (Å²) in [6, 6.07) is 62.6. The number of benzene rings is 10. The molecule has 18 rings (SSSR count). The Morgan fingerprint density at radius 1 is 0.429 bits per heavy atom. The minimum absolute atomic E-state index is 0.0815. The van der Waals surface area contributed by atoms with Gasteiger partial charge in [-0.05, 0) is 219 Å². The second-order valence-electron chi connectivity index (χ2n) is 37.6. The van der Waals surface area contributed by atoms with Gasteiger partial charge in [-0.3, -0.25) is 28.9 Å². The Balaban J connectivity index is 0.000000164. The summed E-state index contributed by atoms with van der Waals surface area (Å²) in [5.41, 5.74) is 18.5. The quantitative estimate of drug-likeness (QED) is 0.0259. The molecule has 4 aromatic heterocycles. The van der Waals surface area contributed by atoms with Crippen LogP contribution in [0.25, 0.3) is 110 Å². The van der Waals surface area contributed by atoms with E-state index in [4.69, 9.17) is 49.7 Å². The molecule has 4 fully saturated rings. The van der Waals surface area contributed by atoms with Crippen LogP contribution in [0, 0.1) is 11.8 Å². The van der Waals surface area contributed by atoms with Gasteiger partial charge in [-0.1, -0.05) is 173 Å². The number of carbonyl (C=O) groups excluding carboxylic acids is 7. The Kier molecular flexibility index (Phi) is 27.0. The number of imidazole rings is 4. The van der Waals surface area contributed by atoms with Gasteiger partial charge in [0, 0.05) is 48.1 Å². The lowest BCUT2D eigenvalue weighted by atomic mass is 9.96. The fraction of sp³-hybridized carbons (Fsp3) is 0.352. The third kappa shape index (κ3) is 20.4. The van der Waals surface area contributed by atoms with Gasteiger partial charge in [0.15, 0.2) is 0 Å². The number of carbonyl (C=O) groups is 8. The molecule has 4 aliphatic rings. The highest BCUT2D eigenvalue weighted by Gasteiger charge is 2.42. The van der Waals surface area contributed by atoms with Crippen molar-refractivity contribution in [3.05, 3.63) is 241 Å². The van der Waals surface area contributed by atoms with Gasteiger partial charge in [0.1, 0.15) is 52.6 Å². The summed E-state index contributed by atoms with van der Waals surface area (Å²) >= 11 is 0. The van der Waals surface area contributed by atoms with Crippen molar-refractivity contribution in [1.82, 2.24) is 70.1 Å². The number of hydrogen-bond donors (Lipinski definition) is 8. The first-order valence-electron chi connectivity index (χ1n) is 45.8. The number of nitrogens with zero attached hydrogens (tertiary/aromatic N) is 8. The van der Waals surface area contributed by atoms with E-state index in [1.54, 1.807) is 56.0 Å². The first kappa shape index (κ1) is 92.0. The summed E-state index contributed by atoms with van der Waals surface area (Å²) in [6.07, 6.45) is 8.79. The predicted octanol–water partition coefficient (Wildman–Crippen LogP) is 20.0. The van der Waals surface area contributed by atoms with E-state index in [0.717, 1.165) is 190 Å². The van der Waals surface area contributed by atoms with Crippen LogP contribution in [-0.4, -0.2) is 176 Å². The summed E-state index contributed by atoms with van der Waals surface area (Å²) in [5.74, 6) is 0.136. The number of amides is 6. The number of likely N-dealkylation sites (tertiary alicyclic amines) is 4. The molecule has 4 aliphatic heterocycles. The van der Waals surface area contributed by atoms with Crippen molar-refractivity contribution in [2.45, 2.75) is 186 Å². The molecule has 14 aromatic rings. The molecule has 688 valence electrons. The molecule has 0 bridgehead atoms. The second kappa shape index (κ2) is 39.0. The molecule has 28 heteroatoms. The van der Waals surface area contributed by atoms with E-state index >= 15 is 0 Å². The normalized spacial score (nSPS) is 17.3. The van der Waals surface area contributed by atoms with E-state index in [1.807, 2.05) is 106 Å². The number of H-pyrrole nitrogens is 4. The summed E-state index contributed by atoms with van der Waals surface area (Å²) in [5, 5.41) is 23.3. The van der Waals surface area contributed by atoms with E-state index in [0.29, 0.717) is 31.7 Å². The molecular formula is C105H115N15O13. The number of aromatic nitrogens is 8. The molecule has 133 heavy (non-hydrogen) atoms. The zero-order valence-electron chi connectivity index (χ0n) is 77.1. The SMILES string of the molecule is CC(C)(C)OC(=O)C[C@@H](C(=O)O)c1ccccc1.COC(=O)N[C@H](C(=O)N1CCC[C@H]1c1nc2c(ccc3cc(-c4ccc5cc(-c6cnc([C@@H]7CCCN7C(=O)OC(C)(C)C)[nH]6)ccc5c4)ccc32)[nH]1)C(C)C.COC(=O)N[C@H](C(=O)N1CCC[C@H]1c1nc2c(ccc3cc(-c4ccc5cc(-c6cnc([C@@H]7CCCN7C(=O)[C@H](N)c7ccccc7)[nH]6)ccc5c4)ccc32)[nH]1)C(C)C. The van der Waals surface area contributed by atoms with Gasteiger partial charge in [0.25, 0.3) is 0 Å². The number of carboxylic acids is 1. The van der Waals surface area contributed by atoms with Crippen molar-refractivity contribution in [2.75, 3.05) is 40.4 Å². The average Bonchev–Trinajstić information content (AvgIpc) is 1.63. The number of ether oxygens (including phenoxy) is 4. The monoisotopic (exact) mass is 1790 g/mol. The third-order valence-corrected chi connectivity index (χ3v) is 25.4. The van der Waals surface area contributed by atoms with Gasteiger partial charge >= 0.3 is 30.2 Å². The largest absolute Gasteiger partial charge is 0.481 e. The first-order valence-corrected chi connectivity index (χ1v) is 45.8.